The highest BCUT2D eigenvalue weighted by Crippen LogP contribution is 2.49. The summed E-state index contributed by atoms with van der Waals surface area (Å²) in [4.78, 5) is 0. The standard InChI is InChI=1S/C13H17FN2O2/c14-11-4-2-1-3-10(11)8-18-9-13(5-6-13)7-12(15)16-17/h1-4,17H,5-9H2,(H2,15,16). The summed E-state index contributed by atoms with van der Waals surface area (Å²) in [5.41, 5.74) is 6.03. The average molecular weight is 252 g/mol. The Labute approximate surface area is 105 Å². The van der Waals surface area contributed by atoms with Gasteiger partial charge in [-0.1, -0.05) is 23.4 Å². The number of hydrogen-bond acceptors (Lipinski definition) is 3. The Bertz CT molecular complexity index is 444. The third kappa shape index (κ3) is 3.20. The van der Waals surface area contributed by atoms with E-state index in [9.17, 15) is 4.39 Å². The van der Waals surface area contributed by atoms with Crippen LogP contribution in [0.4, 0.5) is 4.39 Å². The molecule has 3 N–H and O–H groups in total. The van der Waals surface area contributed by atoms with E-state index in [0.29, 0.717) is 18.6 Å². The van der Waals surface area contributed by atoms with Crippen LogP contribution in [-0.4, -0.2) is 17.6 Å². The van der Waals surface area contributed by atoms with Gasteiger partial charge in [-0.2, -0.15) is 0 Å². The van der Waals surface area contributed by atoms with E-state index in [4.69, 9.17) is 15.7 Å². The smallest absolute Gasteiger partial charge is 0.139 e. The van der Waals surface area contributed by atoms with E-state index < -0.39 is 0 Å². The number of benzene rings is 1. The molecule has 0 heterocycles. The van der Waals surface area contributed by atoms with Crippen LogP contribution < -0.4 is 5.73 Å². The number of hydrogen-bond donors (Lipinski definition) is 2. The zero-order chi connectivity index (χ0) is 13.0. The molecule has 0 unspecified atom stereocenters. The molecule has 1 aliphatic carbocycles. The van der Waals surface area contributed by atoms with Gasteiger partial charge in [0.1, 0.15) is 11.7 Å². The Balaban J connectivity index is 1.81. The summed E-state index contributed by atoms with van der Waals surface area (Å²) in [6, 6.07) is 6.56. The number of amidine groups is 1. The van der Waals surface area contributed by atoms with Crippen molar-refractivity contribution in [1.82, 2.24) is 0 Å². The van der Waals surface area contributed by atoms with Gasteiger partial charge in [0.2, 0.25) is 0 Å². The number of ether oxygens (including phenoxy) is 1. The Hall–Kier alpha value is -1.62. The summed E-state index contributed by atoms with van der Waals surface area (Å²) in [5, 5.41) is 11.5. The molecule has 1 fully saturated rings. The van der Waals surface area contributed by atoms with E-state index in [1.807, 2.05) is 0 Å². The second-order valence-electron chi connectivity index (χ2n) is 4.85. The van der Waals surface area contributed by atoms with Gasteiger partial charge in [-0.15, -0.1) is 0 Å². The first-order valence-electron chi connectivity index (χ1n) is 5.93. The van der Waals surface area contributed by atoms with E-state index in [2.05, 4.69) is 5.16 Å². The van der Waals surface area contributed by atoms with Crippen LogP contribution in [0.5, 0.6) is 0 Å². The fourth-order valence-electron chi connectivity index (χ4n) is 1.96. The number of halogens is 1. The van der Waals surface area contributed by atoms with Gasteiger partial charge in [-0.25, -0.2) is 4.39 Å². The quantitative estimate of drug-likeness (QED) is 0.353. The van der Waals surface area contributed by atoms with Crippen molar-refractivity contribution in [3.05, 3.63) is 35.6 Å². The molecule has 1 saturated carbocycles. The lowest BCUT2D eigenvalue weighted by molar-refractivity contribution is 0.0782. The molecule has 0 aliphatic heterocycles. The summed E-state index contributed by atoms with van der Waals surface area (Å²) < 4.78 is 18.9. The first-order valence-corrected chi connectivity index (χ1v) is 5.93. The molecule has 1 aromatic carbocycles. The van der Waals surface area contributed by atoms with E-state index >= 15 is 0 Å². The van der Waals surface area contributed by atoms with Crippen LogP contribution in [-0.2, 0) is 11.3 Å². The molecule has 0 bridgehead atoms. The predicted octanol–water partition coefficient (Wildman–Crippen LogP) is 2.26. The number of oxime groups is 1. The number of nitrogens with zero attached hydrogens (tertiary/aromatic N) is 1. The van der Waals surface area contributed by atoms with Gasteiger partial charge < -0.3 is 15.7 Å². The minimum absolute atomic E-state index is 0.0123. The van der Waals surface area contributed by atoms with Crippen molar-refractivity contribution < 1.29 is 14.3 Å². The molecule has 2 rings (SSSR count). The van der Waals surface area contributed by atoms with Gasteiger partial charge in [0.15, 0.2) is 0 Å². The molecule has 5 heteroatoms. The molecule has 0 amide bonds. The van der Waals surface area contributed by atoms with Gasteiger partial charge in [0, 0.05) is 17.4 Å². The minimum Gasteiger partial charge on any atom is -0.409 e. The molecule has 18 heavy (non-hydrogen) atoms. The normalized spacial score (nSPS) is 17.7. The van der Waals surface area contributed by atoms with Crippen molar-refractivity contribution in [1.29, 1.82) is 0 Å². The lowest BCUT2D eigenvalue weighted by atomic mass is 10.0. The van der Waals surface area contributed by atoms with Crippen LogP contribution in [0.15, 0.2) is 29.4 Å². The summed E-state index contributed by atoms with van der Waals surface area (Å²) >= 11 is 0. The molecule has 0 saturated heterocycles. The van der Waals surface area contributed by atoms with Crippen molar-refractivity contribution in [2.24, 2.45) is 16.3 Å². The van der Waals surface area contributed by atoms with Crippen LogP contribution in [0.2, 0.25) is 0 Å². The fraction of sp³-hybridized carbons (Fsp3) is 0.462. The summed E-state index contributed by atoms with van der Waals surface area (Å²) in [5.74, 6) is -0.0271. The maximum Gasteiger partial charge on any atom is 0.139 e. The van der Waals surface area contributed by atoms with Crippen molar-refractivity contribution in [3.8, 4) is 0 Å². The van der Waals surface area contributed by atoms with E-state index in [1.54, 1.807) is 18.2 Å². The first kappa shape index (κ1) is 12.8. The Kier molecular flexibility index (Phi) is 3.81. The molecule has 0 aromatic heterocycles. The zero-order valence-electron chi connectivity index (χ0n) is 10.1. The van der Waals surface area contributed by atoms with Crippen molar-refractivity contribution >= 4 is 5.84 Å². The maximum atomic E-state index is 13.3. The monoisotopic (exact) mass is 252 g/mol. The van der Waals surface area contributed by atoms with Gasteiger partial charge in [-0.05, 0) is 18.9 Å². The minimum atomic E-state index is -0.251. The van der Waals surface area contributed by atoms with Gasteiger partial charge in [0.05, 0.1) is 13.2 Å². The molecule has 1 aliphatic rings. The van der Waals surface area contributed by atoms with Gasteiger partial charge >= 0.3 is 0 Å². The van der Waals surface area contributed by atoms with Crippen LogP contribution in [0, 0.1) is 11.2 Å². The second kappa shape index (κ2) is 5.35. The largest absolute Gasteiger partial charge is 0.409 e. The van der Waals surface area contributed by atoms with Crippen LogP contribution in [0.25, 0.3) is 0 Å². The van der Waals surface area contributed by atoms with E-state index in [-0.39, 0.29) is 23.7 Å². The third-order valence-corrected chi connectivity index (χ3v) is 3.27. The van der Waals surface area contributed by atoms with Gasteiger partial charge in [-0.3, -0.25) is 0 Å². The number of nitrogens with two attached hydrogens (primary N) is 1. The molecule has 98 valence electrons. The van der Waals surface area contributed by atoms with Crippen LogP contribution in [0.3, 0.4) is 0 Å². The SMILES string of the molecule is NC(CC1(COCc2ccccc2F)CC1)=NO. The summed E-state index contributed by atoms with van der Waals surface area (Å²) in [6.45, 7) is 0.766. The zero-order valence-corrected chi connectivity index (χ0v) is 10.1. The van der Waals surface area contributed by atoms with E-state index in [0.717, 1.165) is 12.8 Å². The Morgan fingerprint density at radius 1 is 1.44 bits per heavy atom. The summed E-state index contributed by atoms with van der Waals surface area (Å²) in [7, 11) is 0. The molecule has 1 aromatic rings. The Morgan fingerprint density at radius 3 is 2.78 bits per heavy atom. The molecule has 4 nitrogen and oxygen atoms in total. The fourth-order valence-corrected chi connectivity index (χ4v) is 1.96. The second-order valence-corrected chi connectivity index (χ2v) is 4.85. The third-order valence-electron chi connectivity index (χ3n) is 3.27. The number of rotatable bonds is 6. The molecular formula is C13H17FN2O2. The first-order chi connectivity index (χ1) is 8.65. The highest BCUT2D eigenvalue weighted by molar-refractivity contribution is 5.80. The average Bonchev–Trinajstić information content (AvgIpc) is 3.11. The topological polar surface area (TPSA) is 67.8 Å². The van der Waals surface area contributed by atoms with Crippen molar-refractivity contribution in [2.45, 2.75) is 25.9 Å². The van der Waals surface area contributed by atoms with Crippen molar-refractivity contribution in [3.63, 3.8) is 0 Å². The molecular weight excluding hydrogens is 235 g/mol. The predicted molar refractivity (Wildman–Crippen MR) is 65.7 cm³/mol. The van der Waals surface area contributed by atoms with Crippen LogP contribution >= 0.6 is 0 Å². The summed E-state index contributed by atoms with van der Waals surface area (Å²) in [6.07, 6.45) is 2.53. The molecule has 0 atom stereocenters. The highest BCUT2D eigenvalue weighted by Gasteiger charge is 2.43. The lowest BCUT2D eigenvalue weighted by Crippen LogP contribution is -2.21. The van der Waals surface area contributed by atoms with Crippen molar-refractivity contribution in [2.75, 3.05) is 6.61 Å². The molecule has 0 spiro atoms. The van der Waals surface area contributed by atoms with Gasteiger partial charge in [0.25, 0.3) is 0 Å². The maximum absolute atomic E-state index is 13.3. The van der Waals surface area contributed by atoms with E-state index in [1.165, 1.54) is 6.07 Å². The highest BCUT2D eigenvalue weighted by atomic mass is 19.1. The molecule has 0 radical (unpaired) electrons. The lowest BCUT2D eigenvalue weighted by Gasteiger charge is -2.14. The van der Waals surface area contributed by atoms with Crippen LogP contribution in [0.1, 0.15) is 24.8 Å². The Morgan fingerprint density at radius 2 is 2.17 bits per heavy atom.